The van der Waals surface area contributed by atoms with Crippen molar-refractivity contribution in [1.29, 1.82) is 0 Å². The fourth-order valence-electron chi connectivity index (χ4n) is 2.44. The van der Waals surface area contributed by atoms with Gasteiger partial charge in [0.1, 0.15) is 0 Å². The fourth-order valence-corrected chi connectivity index (χ4v) is 3.29. The lowest BCUT2D eigenvalue weighted by Gasteiger charge is -2.35. The summed E-state index contributed by atoms with van der Waals surface area (Å²) in [5, 5.41) is 0. The van der Waals surface area contributed by atoms with E-state index in [4.69, 9.17) is 0 Å². The zero-order chi connectivity index (χ0) is 14.0. The highest BCUT2D eigenvalue weighted by atomic mass is 79.9. The van der Waals surface area contributed by atoms with Crippen LogP contribution >= 0.6 is 28.6 Å². The zero-order valence-corrected chi connectivity index (χ0v) is 13.7. The highest BCUT2D eigenvalue weighted by Crippen LogP contribution is 2.23. The largest absolute Gasteiger partial charge is 0.338 e. The lowest BCUT2D eigenvalue weighted by Crippen LogP contribution is -2.44. The standard InChI is InChI=1S/C14H19BrN2OS/c1-16(2)11-5-7-17(8-6-11)14(18)12-4-3-10(15)9-13(12)19/h3-4,9,11,19H,5-8H2,1-2H3. The summed E-state index contributed by atoms with van der Waals surface area (Å²) in [4.78, 5) is 17.4. The third-order valence-corrected chi connectivity index (χ3v) is 4.54. The Balaban J connectivity index is 2.05. The Kier molecular flexibility index (Phi) is 4.92. The number of thiol groups is 1. The number of rotatable bonds is 2. The van der Waals surface area contributed by atoms with Crippen LogP contribution in [-0.4, -0.2) is 48.9 Å². The van der Waals surface area contributed by atoms with Crippen molar-refractivity contribution in [1.82, 2.24) is 9.80 Å². The summed E-state index contributed by atoms with van der Waals surface area (Å²) in [6.07, 6.45) is 2.08. The number of hydrogen-bond acceptors (Lipinski definition) is 3. The molecule has 0 bridgehead atoms. The first-order valence-electron chi connectivity index (χ1n) is 6.43. The topological polar surface area (TPSA) is 23.6 Å². The minimum atomic E-state index is 0.0923. The average molecular weight is 343 g/mol. The Morgan fingerprint density at radius 1 is 1.37 bits per heavy atom. The SMILES string of the molecule is CN(C)C1CCN(C(=O)c2ccc(Br)cc2S)CC1. The Morgan fingerprint density at radius 2 is 2.00 bits per heavy atom. The highest BCUT2D eigenvalue weighted by molar-refractivity contribution is 9.10. The maximum Gasteiger partial charge on any atom is 0.254 e. The van der Waals surface area contributed by atoms with E-state index in [0.29, 0.717) is 11.6 Å². The highest BCUT2D eigenvalue weighted by Gasteiger charge is 2.25. The van der Waals surface area contributed by atoms with Crippen molar-refractivity contribution in [3.8, 4) is 0 Å². The summed E-state index contributed by atoms with van der Waals surface area (Å²) < 4.78 is 0.945. The summed E-state index contributed by atoms with van der Waals surface area (Å²) >= 11 is 7.78. The molecule has 0 unspecified atom stereocenters. The molecule has 0 radical (unpaired) electrons. The van der Waals surface area contributed by atoms with Gasteiger partial charge in [0, 0.05) is 28.5 Å². The van der Waals surface area contributed by atoms with Gasteiger partial charge < -0.3 is 9.80 Å². The molecule has 0 aliphatic carbocycles. The van der Waals surface area contributed by atoms with E-state index in [9.17, 15) is 4.79 Å². The third kappa shape index (κ3) is 3.52. The second-order valence-corrected chi connectivity index (χ2v) is 6.55. The van der Waals surface area contributed by atoms with E-state index in [1.807, 2.05) is 23.1 Å². The number of amides is 1. The number of halogens is 1. The smallest absolute Gasteiger partial charge is 0.254 e. The third-order valence-electron chi connectivity index (χ3n) is 3.67. The van der Waals surface area contributed by atoms with Crippen LogP contribution in [0, 0.1) is 0 Å². The van der Waals surface area contributed by atoms with Gasteiger partial charge in [0.15, 0.2) is 0 Å². The molecule has 1 amide bonds. The van der Waals surface area contributed by atoms with Crippen molar-refractivity contribution in [3.63, 3.8) is 0 Å². The zero-order valence-electron chi connectivity index (χ0n) is 11.3. The van der Waals surface area contributed by atoms with Crippen molar-refractivity contribution < 1.29 is 4.79 Å². The van der Waals surface area contributed by atoms with Gasteiger partial charge in [-0.15, -0.1) is 12.6 Å². The van der Waals surface area contributed by atoms with Gasteiger partial charge >= 0.3 is 0 Å². The van der Waals surface area contributed by atoms with E-state index in [0.717, 1.165) is 35.3 Å². The molecule has 0 spiro atoms. The summed E-state index contributed by atoms with van der Waals surface area (Å²) in [5.41, 5.74) is 0.690. The van der Waals surface area contributed by atoms with Crippen LogP contribution in [0.2, 0.25) is 0 Å². The number of likely N-dealkylation sites (tertiary alicyclic amines) is 1. The van der Waals surface area contributed by atoms with Crippen molar-refractivity contribution in [3.05, 3.63) is 28.2 Å². The molecule has 5 heteroatoms. The summed E-state index contributed by atoms with van der Waals surface area (Å²) in [5.74, 6) is 0.0923. The van der Waals surface area contributed by atoms with Crippen LogP contribution in [0.1, 0.15) is 23.2 Å². The quantitative estimate of drug-likeness (QED) is 0.835. The number of nitrogens with zero attached hydrogens (tertiary/aromatic N) is 2. The number of carbonyl (C=O) groups excluding carboxylic acids is 1. The first kappa shape index (κ1) is 14.9. The van der Waals surface area contributed by atoms with Crippen molar-refractivity contribution >= 4 is 34.5 Å². The van der Waals surface area contributed by atoms with Crippen LogP contribution in [0.25, 0.3) is 0 Å². The van der Waals surface area contributed by atoms with Gasteiger partial charge in [-0.2, -0.15) is 0 Å². The van der Waals surface area contributed by atoms with Gasteiger partial charge in [-0.1, -0.05) is 15.9 Å². The summed E-state index contributed by atoms with van der Waals surface area (Å²) in [6, 6.07) is 6.18. The molecule has 0 atom stereocenters. The fraction of sp³-hybridized carbons (Fsp3) is 0.500. The molecule has 1 saturated heterocycles. The molecule has 1 fully saturated rings. The summed E-state index contributed by atoms with van der Waals surface area (Å²) in [6.45, 7) is 1.65. The summed E-state index contributed by atoms with van der Waals surface area (Å²) in [7, 11) is 4.20. The van der Waals surface area contributed by atoms with Crippen LogP contribution in [0.5, 0.6) is 0 Å². The van der Waals surface area contributed by atoms with Gasteiger partial charge in [-0.25, -0.2) is 0 Å². The Bertz CT molecular complexity index is 471. The molecule has 1 heterocycles. The molecule has 104 valence electrons. The number of piperidine rings is 1. The second kappa shape index (κ2) is 6.29. The molecule has 2 rings (SSSR count). The molecule has 1 aliphatic heterocycles. The maximum absolute atomic E-state index is 12.5. The van der Waals surface area contributed by atoms with Crippen molar-refractivity contribution in [2.24, 2.45) is 0 Å². The normalized spacial score (nSPS) is 17.0. The number of benzene rings is 1. The van der Waals surface area contributed by atoms with Crippen molar-refractivity contribution in [2.45, 2.75) is 23.8 Å². The molecule has 1 aromatic rings. The van der Waals surface area contributed by atoms with E-state index in [1.165, 1.54) is 0 Å². The van der Waals surface area contributed by atoms with E-state index >= 15 is 0 Å². The second-order valence-electron chi connectivity index (χ2n) is 5.15. The first-order chi connectivity index (χ1) is 8.99. The average Bonchev–Trinajstić information content (AvgIpc) is 2.38. The molecule has 0 saturated carbocycles. The molecule has 3 nitrogen and oxygen atoms in total. The van der Waals surface area contributed by atoms with Crippen LogP contribution in [0.3, 0.4) is 0 Å². The van der Waals surface area contributed by atoms with E-state index in [1.54, 1.807) is 0 Å². The molecule has 0 aromatic heterocycles. The van der Waals surface area contributed by atoms with Gasteiger partial charge in [-0.3, -0.25) is 4.79 Å². The van der Waals surface area contributed by atoms with Crippen molar-refractivity contribution in [2.75, 3.05) is 27.2 Å². The predicted octanol–water partition coefficient (Wildman–Crippen LogP) is 2.90. The van der Waals surface area contributed by atoms with Crippen LogP contribution < -0.4 is 0 Å². The Labute approximate surface area is 128 Å². The molecule has 1 aliphatic rings. The lowest BCUT2D eigenvalue weighted by molar-refractivity contribution is 0.0660. The van der Waals surface area contributed by atoms with Crippen LogP contribution in [0.4, 0.5) is 0 Å². The monoisotopic (exact) mass is 342 g/mol. The van der Waals surface area contributed by atoms with Crippen LogP contribution in [0.15, 0.2) is 27.6 Å². The molecular weight excluding hydrogens is 324 g/mol. The maximum atomic E-state index is 12.5. The Morgan fingerprint density at radius 3 is 2.53 bits per heavy atom. The molecule has 0 N–H and O–H groups in total. The Hall–Kier alpha value is -0.520. The van der Waals surface area contributed by atoms with E-state index in [-0.39, 0.29) is 5.91 Å². The lowest BCUT2D eigenvalue weighted by atomic mass is 10.0. The van der Waals surface area contributed by atoms with Gasteiger partial charge in [0.2, 0.25) is 0 Å². The van der Waals surface area contributed by atoms with Crippen LogP contribution in [-0.2, 0) is 0 Å². The number of hydrogen-bond donors (Lipinski definition) is 1. The van der Waals surface area contributed by atoms with E-state index in [2.05, 4.69) is 47.6 Å². The molecular formula is C14H19BrN2OS. The first-order valence-corrected chi connectivity index (χ1v) is 7.67. The van der Waals surface area contributed by atoms with Gasteiger partial charge in [0.05, 0.1) is 5.56 Å². The van der Waals surface area contributed by atoms with E-state index < -0.39 is 0 Å². The predicted molar refractivity (Wildman–Crippen MR) is 84.0 cm³/mol. The van der Waals surface area contributed by atoms with Gasteiger partial charge in [-0.05, 0) is 45.1 Å². The van der Waals surface area contributed by atoms with Gasteiger partial charge in [0.25, 0.3) is 5.91 Å². The minimum Gasteiger partial charge on any atom is -0.338 e. The molecule has 1 aromatic carbocycles. The minimum absolute atomic E-state index is 0.0923. The molecule has 19 heavy (non-hydrogen) atoms. The number of carbonyl (C=O) groups is 1.